The molecular formula is C26H30N6O4. The third-order valence-corrected chi connectivity index (χ3v) is 6.17. The molecule has 10 nitrogen and oxygen atoms in total. The van der Waals surface area contributed by atoms with Gasteiger partial charge in [-0.05, 0) is 38.0 Å². The first-order chi connectivity index (χ1) is 17.3. The van der Waals surface area contributed by atoms with Gasteiger partial charge in [0, 0.05) is 25.6 Å². The number of nitrogens with zero attached hydrogens (tertiary/aromatic N) is 4. The summed E-state index contributed by atoms with van der Waals surface area (Å²) in [4.78, 5) is 51.5. The predicted molar refractivity (Wildman–Crippen MR) is 137 cm³/mol. The minimum Gasteiger partial charge on any atom is -0.354 e. The molecule has 0 radical (unpaired) electrons. The van der Waals surface area contributed by atoms with Gasteiger partial charge in [-0.15, -0.1) is 5.10 Å². The maximum Gasteiger partial charge on any atom is 0.352 e. The highest BCUT2D eigenvalue weighted by molar-refractivity contribution is 5.80. The van der Waals surface area contributed by atoms with Gasteiger partial charge in [0.15, 0.2) is 0 Å². The van der Waals surface area contributed by atoms with E-state index in [9.17, 15) is 19.2 Å². The Morgan fingerprint density at radius 2 is 1.75 bits per heavy atom. The first-order valence-corrected chi connectivity index (χ1v) is 12.0. The van der Waals surface area contributed by atoms with Crippen LogP contribution in [0.1, 0.15) is 37.8 Å². The molecule has 0 spiro atoms. The number of hydrogen-bond acceptors (Lipinski definition) is 5. The molecule has 4 rings (SSSR count). The van der Waals surface area contributed by atoms with Gasteiger partial charge in [-0.3, -0.25) is 19.0 Å². The number of carbonyl (C=O) groups excluding carboxylic acids is 2. The number of nitrogens with one attached hydrogen (secondary N) is 2. The molecule has 4 aromatic rings. The fraction of sp³-hybridized carbons (Fsp3) is 0.346. The van der Waals surface area contributed by atoms with E-state index in [1.807, 2.05) is 45.0 Å². The Morgan fingerprint density at radius 1 is 1.03 bits per heavy atom. The van der Waals surface area contributed by atoms with Crippen LogP contribution in [0, 0.1) is 6.92 Å². The third kappa shape index (κ3) is 5.22. The topological polar surface area (TPSA) is 120 Å². The van der Waals surface area contributed by atoms with Crippen molar-refractivity contribution in [1.29, 1.82) is 0 Å². The van der Waals surface area contributed by atoms with Crippen molar-refractivity contribution in [2.75, 3.05) is 0 Å². The lowest BCUT2D eigenvalue weighted by Crippen LogP contribution is -2.34. The number of rotatable bonds is 9. The molecule has 2 aromatic carbocycles. The SMILES string of the molecule is CC[C@@H](C)NC(=O)CCn1c(=O)c2ccccc2n2c(=O)n(CC(=O)NCc3ccc(C)cc3)nc12. The second kappa shape index (κ2) is 10.6. The van der Waals surface area contributed by atoms with Crippen molar-refractivity contribution < 1.29 is 9.59 Å². The fourth-order valence-electron chi connectivity index (χ4n) is 3.93. The van der Waals surface area contributed by atoms with Gasteiger partial charge in [-0.1, -0.05) is 48.9 Å². The number of hydrogen-bond donors (Lipinski definition) is 2. The summed E-state index contributed by atoms with van der Waals surface area (Å²) in [5, 5.41) is 10.3. The summed E-state index contributed by atoms with van der Waals surface area (Å²) >= 11 is 0. The van der Waals surface area contributed by atoms with E-state index in [-0.39, 0.29) is 48.7 Å². The number of amides is 2. The van der Waals surface area contributed by atoms with E-state index in [0.29, 0.717) is 17.4 Å². The molecule has 0 aliphatic rings. The number of aryl methyl sites for hydroxylation is 2. The van der Waals surface area contributed by atoms with E-state index in [1.165, 1.54) is 8.97 Å². The van der Waals surface area contributed by atoms with Gasteiger partial charge in [0.1, 0.15) is 6.54 Å². The van der Waals surface area contributed by atoms with Crippen molar-refractivity contribution in [1.82, 2.24) is 29.4 Å². The monoisotopic (exact) mass is 490 g/mol. The zero-order valence-electron chi connectivity index (χ0n) is 20.7. The van der Waals surface area contributed by atoms with Crippen LogP contribution in [0.25, 0.3) is 16.7 Å². The van der Waals surface area contributed by atoms with E-state index < -0.39 is 5.69 Å². The van der Waals surface area contributed by atoms with Crippen LogP contribution >= 0.6 is 0 Å². The van der Waals surface area contributed by atoms with Crippen molar-refractivity contribution in [3.8, 4) is 0 Å². The minimum atomic E-state index is -0.538. The molecule has 0 unspecified atom stereocenters. The highest BCUT2D eigenvalue weighted by Gasteiger charge is 2.19. The number of para-hydroxylation sites is 1. The molecule has 0 bridgehead atoms. The highest BCUT2D eigenvalue weighted by Crippen LogP contribution is 2.11. The van der Waals surface area contributed by atoms with Crippen LogP contribution in [0.4, 0.5) is 0 Å². The Kier molecular flexibility index (Phi) is 7.33. The van der Waals surface area contributed by atoms with E-state index in [1.54, 1.807) is 24.3 Å². The Hall–Kier alpha value is -4.21. The average Bonchev–Trinajstić information content (AvgIpc) is 3.19. The van der Waals surface area contributed by atoms with Crippen molar-refractivity contribution >= 4 is 28.5 Å². The van der Waals surface area contributed by atoms with Gasteiger partial charge >= 0.3 is 5.69 Å². The van der Waals surface area contributed by atoms with Crippen LogP contribution in [0.3, 0.4) is 0 Å². The normalized spacial score (nSPS) is 12.1. The lowest BCUT2D eigenvalue weighted by molar-refractivity contribution is -0.122. The van der Waals surface area contributed by atoms with Crippen molar-refractivity contribution in [3.05, 3.63) is 80.5 Å². The molecule has 0 saturated carbocycles. The quantitative estimate of drug-likeness (QED) is 0.370. The maximum atomic E-state index is 13.3. The molecular weight excluding hydrogens is 460 g/mol. The van der Waals surface area contributed by atoms with Gasteiger partial charge in [-0.2, -0.15) is 0 Å². The molecule has 10 heteroatoms. The summed E-state index contributed by atoms with van der Waals surface area (Å²) < 4.78 is 3.68. The molecule has 2 amide bonds. The van der Waals surface area contributed by atoms with Crippen LogP contribution in [0.5, 0.6) is 0 Å². The molecule has 2 aromatic heterocycles. The van der Waals surface area contributed by atoms with Crippen LogP contribution in [-0.2, 0) is 29.2 Å². The lowest BCUT2D eigenvalue weighted by Gasteiger charge is -2.12. The molecule has 2 N–H and O–H groups in total. The first-order valence-electron chi connectivity index (χ1n) is 12.0. The number of fused-ring (bicyclic) bond motifs is 3. The Labute approximate surface area is 207 Å². The molecule has 0 saturated heterocycles. The summed E-state index contributed by atoms with van der Waals surface area (Å²) in [5.41, 5.74) is 1.57. The van der Waals surface area contributed by atoms with Gasteiger partial charge < -0.3 is 10.6 Å². The van der Waals surface area contributed by atoms with Gasteiger partial charge in [-0.25, -0.2) is 13.9 Å². The second-order valence-electron chi connectivity index (χ2n) is 8.94. The highest BCUT2D eigenvalue weighted by atomic mass is 16.2. The molecule has 1 atom stereocenters. The second-order valence-corrected chi connectivity index (χ2v) is 8.94. The number of benzene rings is 2. The fourth-order valence-corrected chi connectivity index (χ4v) is 3.93. The number of aromatic nitrogens is 4. The summed E-state index contributed by atoms with van der Waals surface area (Å²) in [6.07, 6.45) is 0.841. The van der Waals surface area contributed by atoms with Crippen molar-refractivity contribution in [3.63, 3.8) is 0 Å². The third-order valence-electron chi connectivity index (χ3n) is 6.17. The zero-order valence-corrected chi connectivity index (χ0v) is 20.7. The van der Waals surface area contributed by atoms with Crippen LogP contribution in [-0.4, -0.2) is 36.6 Å². The van der Waals surface area contributed by atoms with Crippen LogP contribution in [0.15, 0.2) is 58.1 Å². The Bertz CT molecular complexity index is 1530. The molecule has 0 aliphatic heterocycles. The molecule has 36 heavy (non-hydrogen) atoms. The van der Waals surface area contributed by atoms with E-state index in [4.69, 9.17) is 0 Å². The van der Waals surface area contributed by atoms with Gasteiger partial charge in [0.2, 0.25) is 17.6 Å². The maximum absolute atomic E-state index is 13.3. The lowest BCUT2D eigenvalue weighted by atomic mass is 10.1. The molecule has 188 valence electrons. The first kappa shape index (κ1) is 24.9. The van der Waals surface area contributed by atoms with Crippen molar-refractivity contribution in [2.24, 2.45) is 0 Å². The standard InChI is InChI=1S/C26H30N6O4/c1-4-18(3)28-22(33)13-14-30-24(35)20-7-5-6-8-21(20)32-25(30)29-31(26(32)36)16-23(34)27-15-19-11-9-17(2)10-12-19/h5-12,18H,4,13-16H2,1-3H3,(H,27,34)(H,28,33)/t18-/m1/s1. The van der Waals surface area contributed by atoms with Crippen LogP contribution in [0.2, 0.25) is 0 Å². The predicted octanol–water partition coefficient (Wildman–Crippen LogP) is 1.74. The molecule has 0 aliphatic carbocycles. The van der Waals surface area contributed by atoms with E-state index in [2.05, 4.69) is 15.7 Å². The van der Waals surface area contributed by atoms with E-state index in [0.717, 1.165) is 22.2 Å². The van der Waals surface area contributed by atoms with Gasteiger partial charge in [0.25, 0.3) is 5.56 Å². The zero-order chi connectivity index (χ0) is 25.8. The smallest absolute Gasteiger partial charge is 0.352 e. The Morgan fingerprint density at radius 3 is 2.47 bits per heavy atom. The molecule has 2 heterocycles. The summed E-state index contributed by atoms with van der Waals surface area (Å²) in [6.45, 7) is 5.93. The van der Waals surface area contributed by atoms with E-state index >= 15 is 0 Å². The van der Waals surface area contributed by atoms with Gasteiger partial charge in [0.05, 0.1) is 10.9 Å². The summed E-state index contributed by atoms with van der Waals surface area (Å²) in [7, 11) is 0. The largest absolute Gasteiger partial charge is 0.354 e. The summed E-state index contributed by atoms with van der Waals surface area (Å²) in [5.74, 6) is -0.488. The minimum absolute atomic E-state index is 0.0195. The average molecular weight is 491 g/mol. The number of carbonyl (C=O) groups is 2. The molecule has 0 fully saturated rings. The van der Waals surface area contributed by atoms with Crippen LogP contribution < -0.4 is 21.9 Å². The Balaban J connectivity index is 1.64. The van der Waals surface area contributed by atoms with Crippen molar-refractivity contribution in [2.45, 2.75) is 59.3 Å². The summed E-state index contributed by atoms with van der Waals surface area (Å²) in [6, 6.07) is 14.5.